The molecule has 0 saturated heterocycles. The van der Waals surface area contributed by atoms with Crippen LogP contribution in [-0.4, -0.2) is 50.1 Å². The molecule has 0 aliphatic heterocycles. The monoisotopic (exact) mass is 307 g/mol. The van der Waals surface area contributed by atoms with Crippen LogP contribution in [0.3, 0.4) is 0 Å². The zero-order valence-electron chi connectivity index (χ0n) is 11.0. The van der Waals surface area contributed by atoms with Gasteiger partial charge in [0.25, 0.3) is 0 Å². The predicted molar refractivity (Wildman–Crippen MR) is 71.8 cm³/mol. The number of ether oxygens (including phenoxy) is 1. The summed E-state index contributed by atoms with van der Waals surface area (Å²) >= 11 is 1.01. The van der Waals surface area contributed by atoms with Crippen molar-refractivity contribution >= 4 is 27.3 Å². The van der Waals surface area contributed by atoms with Crippen LogP contribution in [0.2, 0.25) is 0 Å². The van der Waals surface area contributed by atoms with Gasteiger partial charge in [0.15, 0.2) is 0 Å². The van der Waals surface area contributed by atoms with Crippen LogP contribution >= 0.6 is 11.3 Å². The van der Waals surface area contributed by atoms with Crippen molar-refractivity contribution in [2.75, 3.05) is 20.3 Å². The summed E-state index contributed by atoms with van der Waals surface area (Å²) < 4.78 is 30.7. The van der Waals surface area contributed by atoms with Gasteiger partial charge >= 0.3 is 5.97 Å². The van der Waals surface area contributed by atoms with E-state index >= 15 is 0 Å². The van der Waals surface area contributed by atoms with E-state index in [1.54, 1.807) is 13.8 Å². The molecule has 0 unspecified atom stereocenters. The fourth-order valence-corrected chi connectivity index (χ4v) is 4.56. The van der Waals surface area contributed by atoms with Gasteiger partial charge in [-0.3, -0.25) is 0 Å². The summed E-state index contributed by atoms with van der Waals surface area (Å²) in [5.41, 5.74) is 0. The number of rotatable bonds is 6. The minimum Gasteiger partial charge on any atom is -0.465 e. The topological polar surface area (TPSA) is 83.9 Å². The number of aliphatic hydroxyl groups is 1. The molecule has 6 nitrogen and oxygen atoms in total. The van der Waals surface area contributed by atoms with Gasteiger partial charge in [-0.1, -0.05) is 0 Å². The van der Waals surface area contributed by atoms with Crippen LogP contribution < -0.4 is 0 Å². The second-order valence-electron chi connectivity index (χ2n) is 4.04. The summed E-state index contributed by atoms with van der Waals surface area (Å²) in [5.74, 6) is -0.679. The summed E-state index contributed by atoms with van der Waals surface area (Å²) in [7, 11) is -2.62. The van der Waals surface area contributed by atoms with Crippen LogP contribution in [0.4, 0.5) is 0 Å². The molecule has 0 radical (unpaired) electrons. The Hall–Kier alpha value is -0.960. The lowest BCUT2D eigenvalue weighted by atomic mass is 10.4. The highest BCUT2D eigenvalue weighted by molar-refractivity contribution is 7.89. The van der Waals surface area contributed by atoms with Gasteiger partial charge in [0.2, 0.25) is 10.0 Å². The fourth-order valence-electron chi connectivity index (χ4n) is 1.62. The third kappa shape index (κ3) is 3.33. The minimum atomic E-state index is -3.82. The number of carbonyl (C=O) groups is 1. The fraction of sp³-hybridized carbons (Fsp3) is 0.545. The average Bonchev–Trinajstić information content (AvgIpc) is 2.84. The maximum Gasteiger partial charge on any atom is 0.349 e. The molecular weight excluding hydrogens is 290 g/mol. The highest BCUT2D eigenvalue weighted by atomic mass is 32.2. The number of methoxy groups -OCH3 is 1. The van der Waals surface area contributed by atoms with E-state index in [9.17, 15) is 13.2 Å². The van der Waals surface area contributed by atoms with E-state index in [0.29, 0.717) is 0 Å². The van der Waals surface area contributed by atoms with Crippen molar-refractivity contribution in [3.8, 4) is 0 Å². The van der Waals surface area contributed by atoms with Crippen LogP contribution in [0, 0.1) is 0 Å². The molecule has 0 aliphatic carbocycles. The first-order valence-corrected chi connectivity index (χ1v) is 7.96. The zero-order valence-corrected chi connectivity index (χ0v) is 12.6. The van der Waals surface area contributed by atoms with Gasteiger partial charge in [-0.15, -0.1) is 11.3 Å². The predicted octanol–water partition coefficient (Wildman–Crippen LogP) is 0.926. The number of hydrogen-bond acceptors (Lipinski definition) is 6. The number of thiophene rings is 1. The lowest BCUT2D eigenvalue weighted by Gasteiger charge is -2.24. The lowest BCUT2D eigenvalue weighted by molar-refractivity contribution is 0.0602. The molecule has 0 atom stereocenters. The van der Waals surface area contributed by atoms with Gasteiger partial charge < -0.3 is 9.84 Å². The highest BCUT2D eigenvalue weighted by Crippen LogP contribution is 2.26. The summed E-state index contributed by atoms with van der Waals surface area (Å²) in [6, 6.07) is 1.06. The summed E-state index contributed by atoms with van der Waals surface area (Å²) in [4.78, 5) is 11.5. The molecule has 1 aromatic heterocycles. The Bertz CT molecular complexity index is 535. The van der Waals surface area contributed by atoms with Crippen molar-refractivity contribution in [1.29, 1.82) is 0 Å². The molecule has 1 heterocycles. The zero-order chi connectivity index (χ0) is 14.6. The van der Waals surface area contributed by atoms with Crippen molar-refractivity contribution in [2.24, 2.45) is 0 Å². The molecule has 0 amide bonds. The number of hydrogen-bond donors (Lipinski definition) is 1. The minimum absolute atomic E-state index is 0.0174. The van der Waals surface area contributed by atoms with E-state index in [-0.39, 0.29) is 29.0 Å². The van der Waals surface area contributed by atoms with Crippen LogP contribution in [0.5, 0.6) is 0 Å². The van der Waals surface area contributed by atoms with Gasteiger partial charge in [0.05, 0.1) is 13.7 Å². The SMILES string of the molecule is COC(=O)c1sccc1S(=O)(=O)N(CCO)C(C)C. The average molecular weight is 307 g/mol. The third-order valence-electron chi connectivity index (χ3n) is 2.48. The van der Waals surface area contributed by atoms with E-state index < -0.39 is 16.0 Å². The second kappa shape index (κ2) is 6.47. The second-order valence-corrected chi connectivity index (χ2v) is 6.81. The number of nitrogens with zero attached hydrogens (tertiary/aromatic N) is 1. The molecule has 0 aromatic carbocycles. The van der Waals surface area contributed by atoms with Crippen LogP contribution in [-0.2, 0) is 14.8 Å². The van der Waals surface area contributed by atoms with E-state index in [0.717, 1.165) is 15.6 Å². The molecular formula is C11H17NO5S2. The molecule has 8 heteroatoms. The van der Waals surface area contributed by atoms with E-state index in [1.807, 2.05) is 0 Å². The lowest BCUT2D eigenvalue weighted by Crippen LogP contribution is -2.39. The maximum atomic E-state index is 12.5. The largest absolute Gasteiger partial charge is 0.465 e. The molecule has 19 heavy (non-hydrogen) atoms. The van der Waals surface area contributed by atoms with Crippen molar-refractivity contribution < 1.29 is 23.1 Å². The number of carbonyl (C=O) groups excluding carboxylic acids is 1. The third-order valence-corrected chi connectivity index (χ3v) is 5.62. The molecule has 0 bridgehead atoms. The van der Waals surface area contributed by atoms with Crippen molar-refractivity contribution in [2.45, 2.75) is 24.8 Å². The number of esters is 1. The van der Waals surface area contributed by atoms with Crippen LogP contribution in [0.1, 0.15) is 23.5 Å². The van der Waals surface area contributed by atoms with E-state index in [4.69, 9.17) is 5.11 Å². The van der Waals surface area contributed by atoms with Crippen molar-refractivity contribution in [3.63, 3.8) is 0 Å². The highest BCUT2D eigenvalue weighted by Gasteiger charge is 2.31. The number of sulfonamides is 1. The Morgan fingerprint density at radius 2 is 2.16 bits per heavy atom. The van der Waals surface area contributed by atoms with Crippen LogP contribution in [0.25, 0.3) is 0 Å². The molecule has 0 saturated carbocycles. The normalized spacial score (nSPS) is 12.1. The number of aliphatic hydroxyl groups excluding tert-OH is 1. The first-order valence-electron chi connectivity index (χ1n) is 5.64. The van der Waals surface area contributed by atoms with Gasteiger partial charge in [0.1, 0.15) is 9.77 Å². The van der Waals surface area contributed by atoms with E-state index in [2.05, 4.69) is 4.74 Å². The van der Waals surface area contributed by atoms with E-state index in [1.165, 1.54) is 18.6 Å². The van der Waals surface area contributed by atoms with Crippen molar-refractivity contribution in [1.82, 2.24) is 4.31 Å². The standard InChI is InChI=1S/C11H17NO5S2/c1-8(2)12(5-6-13)19(15,16)9-4-7-18-10(9)11(14)17-3/h4,7-8,13H,5-6H2,1-3H3. The molecule has 1 N–H and O–H groups in total. The molecule has 1 aromatic rings. The summed E-state index contributed by atoms with van der Waals surface area (Å²) in [6.07, 6.45) is 0. The molecule has 1 rings (SSSR count). The molecule has 0 aliphatic rings. The molecule has 0 fully saturated rings. The quantitative estimate of drug-likeness (QED) is 0.790. The first-order chi connectivity index (χ1) is 8.86. The Balaban J connectivity index is 3.26. The molecule has 108 valence electrons. The molecule has 0 spiro atoms. The van der Waals surface area contributed by atoms with Gasteiger partial charge in [-0.2, -0.15) is 4.31 Å². The smallest absolute Gasteiger partial charge is 0.349 e. The maximum absolute atomic E-state index is 12.5. The van der Waals surface area contributed by atoms with Gasteiger partial charge in [-0.25, -0.2) is 13.2 Å². The van der Waals surface area contributed by atoms with Gasteiger partial charge in [-0.05, 0) is 25.3 Å². The summed E-state index contributed by atoms with van der Waals surface area (Å²) in [5, 5.41) is 10.5. The Morgan fingerprint density at radius 1 is 1.53 bits per heavy atom. The first kappa shape index (κ1) is 16.1. The Labute approximate surface area is 116 Å². The van der Waals surface area contributed by atoms with Crippen molar-refractivity contribution in [3.05, 3.63) is 16.3 Å². The Kier molecular flexibility index (Phi) is 5.48. The van der Waals surface area contributed by atoms with Crippen LogP contribution in [0.15, 0.2) is 16.3 Å². The summed E-state index contributed by atoms with van der Waals surface area (Å²) in [6.45, 7) is 3.11. The van der Waals surface area contributed by atoms with Gasteiger partial charge in [0, 0.05) is 12.6 Å². The Morgan fingerprint density at radius 3 is 2.63 bits per heavy atom.